The smallest absolute Gasteiger partial charge is 0.303 e. The highest BCUT2D eigenvalue weighted by Crippen LogP contribution is 1.87. The first-order chi connectivity index (χ1) is 9.83. The summed E-state index contributed by atoms with van der Waals surface area (Å²) < 4.78 is 0. The van der Waals surface area contributed by atoms with Crippen LogP contribution in [0.4, 0.5) is 0 Å². The van der Waals surface area contributed by atoms with Gasteiger partial charge in [0.2, 0.25) is 17.7 Å². The Hall–Kier alpha value is -2.16. The van der Waals surface area contributed by atoms with Crippen LogP contribution in [0.15, 0.2) is 0 Å². The van der Waals surface area contributed by atoms with Gasteiger partial charge in [0, 0.05) is 6.42 Å². The molecule has 9 heteroatoms. The maximum atomic E-state index is 10.9. The lowest BCUT2D eigenvalue weighted by Crippen LogP contribution is -2.40. The molecular weight excluding hydrogens is 280 g/mol. The lowest BCUT2D eigenvalue weighted by molar-refractivity contribution is -0.138. The second-order valence-corrected chi connectivity index (χ2v) is 4.06. The predicted octanol–water partition coefficient (Wildman–Crippen LogP) is -1.69. The molecule has 0 aliphatic carbocycles. The van der Waals surface area contributed by atoms with Crippen LogP contribution < -0.4 is 22.1 Å². The lowest BCUT2D eigenvalue weighted by atomic mass is 10.3. The van der Waals surface area contributed by atoms with Crippen LogP contribution in [0, 0.1) is 0 Å². The molecule has 0 aliphatic heterocycles. The van der Waals surface area contributed by atoms with Crippen LogP contribution in [0.2, 0.25) is 0 Å². The van der Waals surface area contributed by atoms with Crippen molar-refractivity contribution in [2.24, 2.45) is 11.5 Å². The Kier molecular flexibility index (Phi) is 14.4. The number of amides is 3. The van der Waals surface area contributed by atoms with Crippen molar-refractivity contribution in [3.63, 3.8) is 0 Å². The van der Waals surface area contributed by atoms with Crippen molar-refractivity contribution in [2.45, 2.75) is 32.6 Å². The Morgan fingerprint density at radius 3 is 1.95 bits per heavy atom. The summed E-state index contributed by atoms with van der Waals surface area (Å²) in [4.78, 5) is 42.3. The molecule has 0 fully saturated rings. The Labute approximate surface area is 123 Å². The van der Waals surface area contributed by atoms with Gasteiger partial charge in [-0.05, 0) is 13.0 Å². The molecule has 0 rings (SSSR count). The van der Waals surface area contributed by atoms with E-state index in [2.05, 4.69) is 17.6 Å². The van der Waals surface area contributed by atoms with Crippen molar-refractivity contribution >= 4 is 23.7 Å². The molecule has 0 bridgehead atoms. The molecule has 0 radical (unpaired) electrons. The molecule has 0 aliphatic rings. The number of rotatable bonds is 9. The number of carboxylic acids is 1. The van der Waals surface area contributed by atoms with E-state index < -0.39 is 23.7 Å². The van der Waals surface area contributed by atoms with Crippen molar-refractivity contribution in [1.29, 1.82) is 0 Å². The maximum absolute atomic E-state index is 10.9. The lowest BCUT2D eigenvalue weighted by Gasteiger charge is -2.04. The zero-order chi connectivity index (χ0) is 16.7. The summed E-state index contributed by atoms with van der Waals surface area (Å²) in [5, 5.41) is 12.6. The van der Waals surface area contributed by atoms with E-state index in [0.29, 0.717) is 0 Å². The second-order valence-electron chi connectivity index (χ2n) is 4.06. The van der Waals surface area contributed by atoms with Crippen LogP contribution in [0.25, 0.3) is 0 Å². The van der Waals surface area contributed by atoms with E-state index in [1.807, 2.05) is 0 Å². The minimum absolute atomic E-state index is 0.196. The zero-order valence-corrected chi connectivity index (χ0v) is 12.2. The van der Waals surface area contributed by atoms with Gasteiger partial charge in [-0.25, -0.2) is 0 Å². The van der Waals surface area contributed by atoms with Crippen LogP contribution in [0.1, 0.15) is 32.6 Å². The van der Waals surface area contributed by atoms with Gasteiger partial charge in [0.25, 0.3) is 0 Å². The molecule has 0 unspecified atom stereocenters. The van der Waals surface area contributed by atoms with Gasteiger partial charge in [-0.15, -0.1) is 0 Å². The van der Waals surface area contributed by atoms with Crippen LogP contribution in [0.5, 0.6) is 0 Å². The van der Waals surface area contributed by atoms with E-state index in [0.717, 1.165) is 6.54 Å². The fourth-order valence-corrected chi connectivity index (χ4v) is 0.940. The summed E-state index contributed by atoms with van der Waals surface area (Å²) in [7, 11) is 0. The minimum Gasteiger partial charge on any atom is -0.481 e. The first-order valence-electron chi connectivity index (χ1n) is 6.57. The molecule has 7 N–H and O–H groups in total. The molecule has 0 spiro atoms. The number of nitrogens with two attached hydrogens (primary N) is 2. The summed E-state index contributed by atoms with van der Waals surface area (Å²) >= 11 is 0. The van der Waals surface area contributed by atoms with E-state index in [1.165, 1.54) is 12.8 Å². The highest BCUT2D eigenvalue weighted by molar-refractivity contribution is 5.88. The molecule has 122 valence electrons. The highest BCUT2D eigenvalue weighted by Gasteiger charge is 2.07. The molecule has 3 amide bonds. The van der Waals surface area contributed by atoms with Gasteiger partial charge in [0.15, 0.2) is 0 Å². The number of nitrogens with one attached hydrogen (secondary N) is 2. The number of hydrogen-bond donors (Lipinski definition) is 5. The van der Waals surface area contributed by atoms with Crippen molar-refractivity contribution in [3.05, 3.63) is 0 Å². The van der Waals surface area contributed by atoms with Crippen LogP contribution in [-0.4, -0.2) is 48.4 Å². The van der Waals surface area contributed by atoms with Gasteiger partial charge in [-0.3, -0.25) is 19.2 Å². The zero-order valence-electron chi connectivity index (χ0n) is 12.2. The second kappa shape index (κ2) is 14.3. The minimum atomic E-state index is -1.09. The van der Waals surface area contributed by atoms with Crippen LogP contribution in [-0.2, 0) is 19.2 Å². The topological polar surface area (TPSA) is 165 Å². The van der Waals surface area contributed by atoms with Gasteiger partial charge in [-0.2, -0.15) is 0 Å². The highest BCUT2D eigenvalue weighted by atomic mass is 16.4. The third-order valence-electron chi connectivity index (χ3n) is 2.03. The molecule has 21 heavy (non-hydrogen) atoms. The summed E-state index contributed by atoms with van der Waals surface area (Å²) in [6, 6.07) is 0. The normalized spacial score (nSPS) is 9.05. The van der Waals surface area contributed by atoms with Gasteiger partial charge in [0.05, 0.1) is 19.5 Å². The number of carbonyl (C=O) groups excluding carboxylic acids is 3. The summed E-state index contributed by atoms with van der Waals surface area (Å²) in [6.07, 6.45) is 1.89. The standard InChI is InChI=1S/C8H13N3O5.C4H11N/c9-5(12)3-10-7(14)4-11-6(13)1-2-8(15)16;1-2-3-4-5/h1-4H2,(H2,9,12)(H,10,14)(H,11,13)(H,15,16);2-5H2,1H3. The molecule has 0 atom stereocenters. The maximum Gasteiger partial charge on any atom is 0.303 e. The Morgan fingerprint density at radius 1 is 1.00 bits per heavy atom. The fraction of sp³-hybridized carbons (Fsp3) is 0.667. The van der Waals surface area contributed by atoms with E-state index in [-0.39, 0.29) is 25.9 Å². The van der Waals surface area contributed by atoms with Crippen molar-refractivity contribution in [2.75, 3.05) is 19.6 Å². The SMILES string of the molecule is CCCCN.NC(=O)CNC(=O)CNC(=O)CCC(=O)O. The first kappa shape index (κ1) is 21.1. The van der Waals surface area contributed by atoms with Crippen LogP contribution >= 0.6 is 0 Å². The molecule has 0 saturated carbocycles. The third kappa shape index (κ3) is 20.3. The molecular formula is C12H24N4O5. The monoisotopic (exact) mass is 304 g/mol. The first-order valence-corrected chi connectivity index (χ1v) is 6.57. The Bertz CT molecular complexity index is 315. The molecule has 0 aromatic carbocycles. The quantitative estimate of drug-likeness (QED) is 0.341. The van der Waals surface area contributed by atoms with Gasteiger partial charge in [0.1, 0.15) is 0 Å². The number of primary amides is 1. The Balaban J connectivity index is 0. The van der Waals surface area contributed by atoms with E-state index in [1.54, 1.807) is 0 Å². The van der Waals surface area contributed by atoms with Gasteiger partial charge in [-0.1, -0.05) is 13.3 Å². The van der Waals surface area contributed by atoms with E-state index in [9.17, 15) is 19.2 Å². The number of carbonyl (C=O) groups is 4. The molecule has 9 nitrogen and oxygen atoms in total. The number of unbranched alkanes of at least 4 members (excludes halogenated alkanes) is 1. The van der Waals surface area contributed by atoms with Gasteiger partial charge >= 0.3 is 5.97 Å². The average Bonchev–Trinajstić information content (AvgIpc) is 2.42. The number of hydrogen-bond acceptors (Lipinski definition) is 5. The largest absolute Gasteiger partial charge is 0.481 e. The van der Waals surface area contributed by atoms with E-state index >= 15 is 0 Å². The van der Waals surface area contributed by atoms with Crippen molar-refractivity contribution in [1.82, 2.24) is 10.6 Å². The summed E-state index contributed by atoms with van der Waals surface area (Å²) in [5.74, 6) is -2.89. The summed E-state index contributed by atoms with van der Waals surface area (Å²) in [6.45, 7) is 2.36. The number of carboxylic acid groups (broad SMARTS) is 1. The predicted molar refractivity (Wildman–Crippen MR) is 76.0 cm³/mol. The van der Waals surface area contributed by atoms with Crippen LogP contribution in [0.3, 0.4) is 0 Å². The Morgan fingerprint density at radius 2 is 1.57 bits per heavy atom. The van der Waals surface area contributed by atoms with E-state index in [4.69, 9.17) is 16.6 Å². The molecule has 0 heterocycles. The molecule has 0 aromatic rings. The van der Waals surface area contributed by atoms with Gasteiger partial charge < -0.3 is 27.2 Å². The number of aliphatic carboxylic acids is 1. The average molecular weight is 304 g/mol. The molecule has 0 saturated heterocycles. The third-order valence-corrected chi connectivity index (χ3v) is 2.03. The molecule has 0 aromatic heterocycles. The van der Waals surface area contributed by atoms with Crippen molar-refractivity contribution in [3.8, 4) is 0 Å². The summed E-state index contributed by atoms with van der Waals surface area (Å²) in [5.41, 5.74) is 9.91. The van der Waals surface area contributed by atoms with Crippen molar-refractivity contribution < 1.29 is 24.3 Å². The fourth-order valence-electron chi connectivity index (χ4n) is 0.940.